The van der Waals surface area contributed by atoms with Gasteiger partial charge in [0, 0.05) is 0 Å². The molecule has 0 heterocycles. The molecule has 68 heavy (non-hydrogen) atoms. The molecule has 0 radical (unpaired) electrons. The molecular weight excluding hydrogens is 947 g/mol. The molecule has 0 aliphatic heterocycles. The topological polar surface area (TPSA) is 78.9 Å². The monoisotopic (exact) mass is 1070 g/mol. The zero-order valence-electron chi connectivity index (χ0n) is 46.6. The zero-order valence-corrected chi connectivity index (χ0v) is 49.5. The molecule has 0 rings (SSSR count). The predicted octanol–water partition coefficient (Wildman–Crippen LogP) is 21.3. The van der Waals surface area contributed by atoms with Crippen molar-refractivity contribution >= 4 is 37.5 Å². The molecule has 0 aromatic carbocycles. The third kappa shape index (κ3) is 50.2. The van der Waals surface area contributed by atoms with Crippen LogP contribution in [0.3, 0.4) is 0 Å². The van der Waals surface area contributed by atoms with Gasteiger partial charge < -0.3 is 0 Å². The van der Waals surface area contributed by atoms with Crippen LogP contribution < -0.4 is 0 Å². The van der Waals surface area contributed by atoms with Gasteiger partial charge in [-0.05, 0) is 0 Å². The first-order valence-corrected chi connectivity index (χ1v) is 36.6. The molecule has 0 atom stereocenters. The molecule has 0 aliphatic rings. The summed E-state index contributed by atoms with van der Waals surface area (Å²) < 4.78 is 18.8. The molecule has 0 aromatic heterocycles. The Bertz CT molecular complexity index is 928. The molecule has 0 spiro atoms. The predicted molar refractivity (Wildman–Crippen MR) is 296 cm³/mol. The van der Waals surface area contributed by atoms with E-state index in [0.29, 0.717) is 10.9 Å². The van der Waals surface area contributed by atoms with Gasteiger partial charge in [0.25, 0.3) is 0 Å². The minimum atomic E-state index is -4.87. The zero-order chi connectivity index (χ0) is 49.5. The molecule has 0 fully saturated rings. The quantitative estimate of drug-likeness (QED) is 0.0446. The first kappa shape index (κ1) is 67.2. The van der Waals surface area contributed by atoms with Crippen LogP contribution in [0, 0.1) is 0 Å². The van der Waals surface area contributed by atoms with Crippen molar-refractivity contribution in [2.75, 3.05) is 0 Å². The Kier molecular flexibility index (Phi) is 54.9. The van der Waals surface area contributed by atoms with Gasteiger partial charge >= 0.3 is 278 Å². The van der Waals surface area contributed by atoms with Gasteiger partial charge in [-0.3, -0.25) is 0 Å². The van der Waals surface area contributed by atoms with Crippen LogP contribution in [0.2, 0.25) is 4.44 Å². The maximum atomic E-state index is 13.4. The van der Waals surface area contributed by atoms with Crippen LogP contribution in [-0.2, 0) is 23.6 Å². The van der Waals surface area contributed by atoms with Crippen LogP contribution >= 0.6 is 0 Å². The first-order chi connectivity index (χ1) is 33.4. The van der Waals surface area contributed by atoms with Crippen molar-refractivity contribution in [3.63, 3.8) is 0 Å². The molecule has 0 saturated heterocycles. The number of carbonyl (C=O) groups is 3. The van der Waals surface area contributed by atoms with Crippen molar-refractivity contribution < 1.29 is 23.6 Å². The van der Waals surface area contributed by atoms with E-state index >= 15 is 0 Å². The number of hydrogen-bond acceptors (Lipinski definition) is 6. The van der Waals surface area contributed by atoms with E-state index in [4.69, 9.17) is 9.22 Å². The van der Waals surface area contributed by atoms with Gasteiger partial charge in [0.15, 0.2) is 0 Å². The van der Waals surface area contributed by atoms with E-state index in [0.717, 1.165) is 64.2 Å². The summed E-state index contributed by atoms with van der Waals surface area (Å²) in [6.45, 7) is 8.92. The third-order valence-corrected chi connectivity index (χ3v) is 21.7. The van der Waals surface area contributed by atoms with Crippen LogP contribution in [0.1, 0.15) is 368 Å². The first-order valence-electron chi connectivity index (χ1n) is 31.1. The summed E-state index contributed by atoms with van der Waals surface area (Å²) >= 11 is -4.87. The maximum absolute atomic E-state index is 13.4. The SMILES string of the molecule is CCCCCCCCCCCCCCCCCCC(=O)[O][Sn]([CH2]CCC)([O]C(=O)CCCCCCCCCCCCCCCCCC)[O]C(=O)CCCCCCCCCCCCCCCCCC. The molecule has 0 aromatic rings. The van der Waals surface area contributed by atoms with Crippen LogP contribution in [0.15, 0.2) is 0 Å². The molecule has 0 N–H and O–H groups in total. The molecule has 0 saturated carbocycles. The Hall–Kier alpha value is -0.791. The van der Waals surface area contributed by atoms with Crippen molar-refractivity contribution in [1.29, 1.82) is 0 Å². The molecule has 6 nitrogen and oxygen atoms in total. The van der Waals surface area contributed by atoms with Crippen molar-refractivity contribution in [3.8, 4) is 0 Å². The van der Waals surface area contributed by atoms with Crippen LogP contribution in [0.4, 0.5) is 0 Å². The van der Waals surface area contributed by atoms with Gasteiger partial charge in [-0.15, -0.1) is 0 Å². The second kappa shape index (κ2) is 55.5. The second-order valence-electron chi connectivity index (χ2n) is 21.4. The molecule has 7 heteroatoms. The smallest absolute Gasteiger partial charge is 0.0654 e. The average Bonchev–Trinajstić information content (AvgIpc) is 3.32. The Morgan fingerprint density at radius 2 is 0.368 bits per heavy atom. The van der Waals surface area contributed by atoms with E-state index in [1.807, 2.05) is 0 Å². The van der Waals surface area contributed by atoms with E-state index in [2.05, 4.69) is 27.7 Å². The van der Waals surface area contributed by atoms with E-state index in [1.54, 1.807) is 0 Å². The summed E-state index contributed by atoms with van der Waals surface area (Å²) in [4.78, 5) is 40.2. The fourth-order valence-corrected chi connectivity index (χ4v) is 17.1. The van der Waals surface area contributed by atoms with E-state index in [1.165, 1.54) is 250 Å². The van der Waals surface area contributed by atoms with Gasteiger partial charge in [0.2, 0.25) is 0 Å². The third-order valence-electron chi connectivity index (χ3n) is 14.3. The summed E-state index contributed by atoms with van der Waals surface area (Å²) in [5.41, 5.74) is 0. The second-order valence-corrected chi connectivity index (χ2v) is 28.4. The van der Waals surface area contributed by atoms with Crippen molar-refractivity contribution in [3.05, 3.63) is 0 Å². The van der Waals surface area contributed by atoms with E-state index < -0.39 is 19.6 Å². The molecule has 0 unspecified atom stereocenters. The Balaban J connectivity index is 4.74. The summed E-state index contributed by atoms with van der Waals surface area (Å²) in [5, 5.41) is 0. The number of hydrogen-bond donors (Lipinski definition) is 0. The van der Waals surface area contributed by atoms with Crippen LogP contribution in [-0.4, -0.2) is 37.5 Å². The van der Waals surface area contributed by atoms with Gasteiger partial charge in [0.05, 0.1) is 0 Å². The average molecular weight is 1070 g/mol. The van der Waals surface area contributed by atoms with Crippen molar-refractivity contribution in [1.82, 2.24) is 0 Å². The molecule has 0 bridgehead atoms. The van der Waals surface area contributed by atoms with Gasteiger partial charge in [-0.2, -0.15) is 0 Å². The summed E-state index contributed by atoms with van der Waals surface area (Å²) in [6, 6.07) is 0. The fourth-order valence-electron chi connectivity index (χ4n) is 9.73. The minimum Gasteiger partial charge on any atom is -0.0654 e. The Labute approximate surface area is 431 Å². The van der Waals surface area contributed by atoms with E-state index in [9.17, 15) is 14.4 Å². The molecule has 0 amide bonds. The Morgan fingerprint density at radius 3 is 0.529 bits per heavy atom. The Morgan fingerprint density at radius 1 is 0.221 bits per heavy atom. The van der Waals surface area contributed by atoms with Crippen molar-refractivity contribution in [2.45, 2.75) is 372 Å². The molecular formula is C61H120O6Sn. The molecule has 0 aliphatic carbocycles. The minimum absolute atomic E-state index is 0.288. The number of rotatable bonds is 57. The van der Waals surface area contributed by atoms with Crippen LogP contribution in [0.5, 0.6) is 0 Å². The molecule has 404 valence electrons. The van der Waals surface area contributed by atoms with Gasteiger partial charge in [-0.25, -0.2) is 0 Å². The van der Waals surface area contributed by atoms with Crippen molar-refractivity contribution in [2.24, 2.45) is 0 Å². The van der Waals surface area contributed by atoms with Crippen LogP contribution in [0.25, 0.3) is 0 Å². The summed E-state index contributed by atoms with van der Waals surface area (Å²) in [5.74, 6) is -1.06. The normalized spacial score (nSPS) is 11.6. The summed E-state index contributed by atoms with van der Waals surface area (Å²) in [6.07, 6.45) is 63.8. The standard InChI is InChI=1S/3C19H38O2.C4H9.Sn/c3*1-2-3-4-5-6-7-8-9-10-11-12-13-14-15-16-17-18-19(20)21;1-3-4-2;/h3*2-18H2,1H3,(H,20,21);1,3-4H2,2H3;/q;;;;+3/p-3. The number of unbranched alkanes of at least 4 members (excludes halogenated alkanes) is 46. The summed E-state index contributed by atoms with van der Waals surface area (Å²) in [7, 11) is 0. The fraction of sp³-hybridized carbons (Fsp3) is 0.951. The van der Waals surface area contributed by atoms with E-state index in [-0.39, 0.29) is 37.2 Å². The number of carbonyl (C=O) groups excluding carboxylic acids is 3. The van der Waals surface area contributed by atoms with Gasteiger partial charge in [0.1, 0.15) is 0 Å². The van der Waals surface area contributed by atoms with Gasteiger partial charge in [-0.1, -0.05) is 156 Å².